The molecule has 0 saturated heterocycles. The third-order valence-corrected chi connectivity index (χ3v) is 6.10. The molecule has 4 aromatic rings. The summed E-state index contributed by atoms with van der Waals surface area (Å²) in [4.78, 5) is 27.6. The lowest BCUT2D eigenvalue weighted by molar-refractivity contribution is -0.115. The SMILES string of the molecule is COc1cc(C(=O)N2CC(=O)Nc3cc(-c4ccc5ccccc5c4)ccc32)cc(OC)c1OC. The van der Waals surface area contributed by atoms with Crippen molar-refractivity contribution in [2.24, 2.45) is 0 Å². The topological polar surface area (TPSA) is 77.1 Å². The minimum Gasteiger partial charge on any atom is -0.493 e. The minimum atomic E-state index is -0.348. The van der Waals surface area contributed by atoms with Crippen LogP contribution >= 0.6 is 0 Å². The molecule has 1 aliphatic rings. The van der Waals surface area contributed by atoms with Gasteiger partial charge >= 0.3 is 0 Å². The molecule has 0 bridgehead atoms. The molecular weight excluding hydrogens is 444 g/mol. The number of hydrogen-bond donors (Lipinski definition) is 1. The summed E-state index contributed by atoms with van der Waals surface area (Å²) in [5.41, 5.74) is 3.48. The van der Waals surface area contributed by atoms with Crippen LogP contribution in [0.3, 0.4) is 0 Å². The Kier molecular flexibility index (Phi) is 5.74. The lowest BCUT2D eigenvalue weighted by Crippen LogP contribution is -2.42. The second-order valence-corrected chi connectivity index (χ2v) is 8.15. The first-order chi connectivity index (χ1) is 17.0. The number of benzene rings is 4. The summed E-state index contributed by atoms with van der Waals surface area (Å²) in [6.45, 7) is -0.0994. The van der Waals surface area contributed by atoms with E-state index < -0.39 is 0 Å². The van der Waals surface area contributed by atoms with E-state index in [1.165, 1.54) is 26.2 Å². The number of hydrogen-bond acceptors (Lipinski definition) is 5. The molecule has 7 nitrogen and oxygen atoms in total. The average Bonchev–Trinajstić information content (AvgIpc) is 2.90. The molecule has 2 amide bonds. The summed E-state index contributed by atoms with van der Waals surface area (Å²) in [6, 6.07) is 23.3. The van der Waals surface area contributed by atoms with Crippen LogP contribution in [0.5, 0.6) is 17.2 Å². The van der Waals surface area contributed by atoms with Crippen LogP contribution in [0.25, 0.3) is 21.9 Å². The highest BCUT2D eigenvalue weighted by Gasteiger charge is 2.29. The number of anilines is 2. The van der Waals surface area contributed by atoms with Gasteiger partial charge in [-0.1, -0.05) is 42.5 Å². The van der Waals surface area contributed by atoms with Gasteiger partial charge in [0.05, 0.1) is 32.7 Å². The Bertz CT molecular complexity index is 1440. The molecule has 0 fully saturated rings. The Balaban J connectivity index is 1.53. The quantitative estimate of drug-likeness (QED) is 0.439. The predicted octanol–water partition coefficient (Wildman–Crippen LogP) is 5.13. The lowest BCUT2D eigenvalue weighted by Gasteiger charge is -2.30. The highest BCUT2D eigenvalue weighted by Crippen LogP contribution is 2.40. The maximum atomic E-state index is 13.5. The summed E-state index contributed by atoms with van der Waals surface area (Å²) in [6.07, 6.45) is 0. The minimum absolute atomic E-state index is 0.0994. The van der Waals surface area contributed by atoms with E-state index in [0.29, 0.717) is 34.2 Å². The molecule has 0 spiro atoms. The standard InChI is InChI=1S/C28H24N2O5/c1-33-24-14-21(15-25(34-2)27(24)35-3)28(32)30-16-26(31)29-22-13-20(10-11-23(22)30)19-9-8-17-6-4-5-7-18(17)12-19/h4-15H,16H2,1-3H3,(H,29,31). The molecular formula is C28H24N2O5. The van der Waals surface area contributed by atoms with Crippen LogP contribution in [0.1, 0.15) is 10.4 Å². The largest absolute Gasteiger partial charge is 0.493 e. The van der Waals surface area contributed by atoms with Crippen LogP contribution in [0, 0.1) is 0 Å². The zero-order valence-corrected chi connectivity index (χ0v) is 19.6. The smallest absolute Gasteiger partial charge is 0.259 e. The van der Waals surface area contributed by atoms with E-state index in [9.17, 15) is 9.59 Å². The molecule has 0 atom stereocenters. The number of nitrogens with zero attached hydrogens (tertiary/aromatic N) is 1. The van der Waals surface area contributed by atoms with Crippen LogP contribution in [0.4, 0.5) is 11.4 Å². The number of carbonyl (C=O) groups is 2. The number of methoxy groups -OCH3 is 3. The van der Waals surface area contributed by atoms with Gasteiger partial charge in [0, 0.05) is 5.56 Å². The number of ether oxygens (including phenoxy) is 3. The maximum absolute atomic E-state index is 13.5. The van der Waals surface area contributed by atoms with Crippen molar-refractivity contribution in [3.8, 4) is 28.4 Å². The summed E-state index contributed by atoms with van der Waals surface area (Å²) in [7, 11) is 4.48. The molecule has 4 aromatic carbocycles. The predicted molar refractivity (Wildman–Crippen MR) is 136 cm³/mol. The van der Waals surface area contributed by atoms with Crippen LogP contribution in [0.2, 0.25) is 0 Å². The van der Waals surface area contributed by atoms with Gasteiger partial charge in [0.2, 0.25) is 11.7 Å². The first-order valence-corrected chi connectivity index (χ1v) is 11.1. The van der Waals surface area contributed by atoms with Gasteiger partial charge in [-0.2, -0.15) is 0 Å². The van der Waals surface area contributed by atoms with Gasteiger partial charge in [-0.15, -0.1) is 0 Å². The molecule has 0 aliphatic carbocycles. The first kappa shape index (κ1) is 22.3. The molecule has 1 heterocycles. The van der Waals surface area contributed by atoms with E-state index in [0.717, 1.165) is 21.9 Å². The number of rotatable bonds is 5. The Morgan fingerprint density at radius 2 is 1.46 bits per heavy atom. The molecule has 7 heteroatoms. The third-order valence-electron chi connectivity index (χ3n) is 6.10. The fraction of sp³-hybridized carbons (Fsp3) is 0.143. The van der Waals surface area contributed by atoms with Crippen molar-refractivity contribution < 1.29 is 23.8 Å². The van der Waals surface area contributed by atoms with E-state index in [-0.39, 0.29) is 18.4 Å². The second kappa shape index (κ2) is 9.02. The highest BCUT2D eigenvalue weighted by atomic mass is 16.5. The van der Waals surface area contributed by atoms with E-state index in [2.05, 4.69) is 29.6 Å². The lowest BCUT2D eigenvalue weighted by atomic mass is 9.99. The molecule has 0 saturated carbocycles. The number of nitrogens with one attached hydrogen (secondary N) is 1. The number of fused-ring (bicyclic) bond motifs is 2. The molecule has 35 heavy (non-hydrogen) atoms. The summed E-state index contributed by atoms with van der Waals surface area (Å²) >= 11 is 0. The Morgan fingerprint density at radius 3 is 2.14 bits per heavy atom. The van der Waals surface area contributed by atoms with E-state index in [4.69, 9.17) is 14.2 Å². The van der Waals surface area contributed by atoms with Crippen molar-refractivity contribution in [1.82, 2.24) is 0 Å². The summed E-state index contributed by atoms with van der Waals surface area (Å²) < 4.78 is 16.1. The Labute approximate surface area is 202 Å². The molecule has 0 unspecified atom stereocenters. The van der Waals surface area contributed by atoms with Crippen molar-refractivity contribution in [2.45, 2.75) is 0 Å². The van der Waals surface area contributed by atoms with Gasteiger partial charge in [-0.25, -0.2) is 0 Å². The summed E-state index contributed by atoms with van der Waals surface area (Å²) in [5.74, 6) is 0.503. The zero-order valence-electron chi connectivity index (χ0n) is 19.6. The fourth-order valence-corrected chi connectivity index (χ4v) is 4.38. The van der Waals surface area contributed by atoms with E-state index >= 15 is 0 Å². The van der Waals surface area contributed by atoms with Gasteiger partial charge < -0.3 is 19.5 Å². The maximum Gasteiger partial charge on any atom is 0.259 e. The second-order valence-electron chi connectivity index (χ2n) is 8.15. The van der Waals surface area contributed by atoms with Crippen LogP contribution in [0.15, 0.2) is 72.8 Å². The fourth-order valence-electron chi connectivity index (χ4n) is 4.38. The normalized spacial score (nSPS) is 12.7. The average molecular weight is 469 g/mol. The van der Waals surface area contributed by atoms with Crippen LogP contribution < -0.4 is 24.4 Å². The number of carbonyl (C=O) groups excluding carboxylic acids is 2. The molecule has 0 aromatic heterocycles. The van der Waals surface area contributed by atoms with Crippen LogP contribution in [-0.2, 0) is 4.79 Å². The highest BCUT2D eigenvalue weighted by molar-refractivity contribution is 6.15. The van der Waals surface area contributed by atoms with Crippen LogP contribution in [-0.4, -0.2) is 39.7 Å². The molecule has 1 N–H and O–H groups in total. The third kappa shape index (κ3) is 4.01. The van der Waals surface area contributed by atoms with Crippen molar-refractivity contribution in [1.29, 1.82) is 0 Å². The first-order valence-electron chi connectivity index (χ1n) is 11.1. The molecule has 176 valence electrons. The van der Waals surface area contributed by atoms with Crippen molar-refractivity contribution in [2.75, 3.05) is 38.1 Å². The van der Waals surface area contributed by atoms with E-state index in [1.54, 1.807) is 12.1 Å². The zero-order chi connectivity index (χ0) is 24.5. The van der Waals surface area contributed by atoms with E-state index in [1.807, 2.05) is 36.4 Å². The van der Waals surface area contributed by atoms with Crippen molar-refractivity contribution in [3.05, 3.63) is 78.4 Å². The van der Waals surface area contributed by atoms with Gasteiger partial charge in [-0.3, -0.25) is 14.5 Å². The molecule has 1 aliphatic heterocycles. The van der Waals surface area contributed by atoms with Gasteiger partial charge in [0.15, 0.2) is 11.5 Å². The number of amides is 2. The molecule has 0 radical (unpaired) electrons. The summed E-state index contributed by atoms with van der Waals surface area (Å²) in [5, 5.41) is 5.19. The van der Waals surface area contributed by atoms with Crippen molar-refractivity contribution >= 4 is 34.0 Å². The van der Waals surface area contributed by atoms with Gasteiger partial charge in [-0.05, 0) is 52.2 Å². The monoisotopic (exact) mass is 468 g/mol. The Hall–Kier alpha value is -4.52. The van der Waals surface area contributed by atoms with Crippen molar-refractivity contribution in [3.63, 3.8) is 0 Å². The van der Waals surface area contributed by atoms with Gasteiger partial charge in [0.1, 0.15) is 6.54 Å². The molecule has 5 rings (SSSR count). The van der Waals surface area contributed by atoms with Gasteiger partial charge in [0.25, 0.3) is 5.91 Å². The Morgan fingerprint density at radius 1 is 0.800 bits per heavy atom.